The van der Waals surface area contributed by atoms with Crippen LogP contribution in [-0.2, 0) is 17.8 Å². The van der Waals surface area contributed by atoms with E-state index in [0.717, 1.165) is 35.7 Å². The Bertz CT molecular complexity index is 727. The highest BCUT2D eigenvalue weighted by Gasteiger charge is 2.28. The molecule has 0 unspecified atom stereocenters. The molecule has 2 aromatic rings. The van der Waals surface area contributed by atoms with Crippen LogP contribution in [0.3, 0.4) is 0 Å². The summed E-state index contributed by atoms with van der Waals surface area (Å²) in [6.07, 6.45) is 0.940. The second-order valence-corrected chi connectivity index (χ2v) is 6.29. The van der Waals surface area contributed by atoms with Crippen LogP contribution >= 0.6 is 11.6 Å². The lowest BCUT2D eigenvalue weighted by Gasteiger charge is -2.11. The minimum Gasteiger partial charge on any atom is -0.480 e. The van der Waals surface area contributed by atoms with Crippen molar-refractivity contribution < 1.29 is 9.53 Å². The SMILES string of the molecule is Cc1cc(C)n(CCCNC(=O)[C@H]2Cc3cc(Cl)ccc3O2)n1. The first kappa shape index (κ1) is 15.9. The van der Waals surface area contributed by atoms with E-state index in [9.17, 15) is 4.79 Å². The van der Waals surface area contributed by atoms with Crippen LogP contribution in [0.5, 0.6) is 5.75 Å². The van der Waals surface area contributed by atoms with Crippen LogP contribution in [0.4, 0.5) is 0 Å². The number of ether oxygens (including phenoxy) is 1. The fourth-order valence-corrected chi connectivity index (χ4v) is 3.01. The van der Waals surface area contributed by atoms with E-state index < -0.39 is 6.10 Å². The Morgan fingerprint density at radius 2 is 2.26 bits per heavy atom. The monoisotopic (exact) mass is 333 g/mol. The van der Waals surface area contributed by atoms with Gasteiger partial charge in [0.25, 0.3) is 5.91 Å². The number of halogens is 1. The van der Waals surface area contributed by atoms with Crippen LogP contribution in [0, 0.1) is 13.8 Å². The van der Waals surface area contributed by atoms with Crippen molar-refractivity contribution in [2.45, 2.75) is 39.3 Å². The number of nitrogens with zero attached hydrogens (tertiary/aromatic N) is 2. The summed E-state index contributed by atoms with van der Waals surface area (Å²) >= 11 is 5.96. The van der Waals surface area contributed by atoms with E-state index in [-0.39, 0.29) is 5.91 Å². The quantitative estimate of drug-likeness (QED) is 0.856. The van der Waals surface area contributed by atoms with Crippen LogP contribution in [0.1, 0.15) is 23.4 Å². The Morgan fingerprint density at radius 3 is 3.00 bits per heavy atom. The molecule has 0 saturated heterocycles. The number of carbonyl (C=O) groups excluding carboxylic acids is 1. The summed E-state index contributed by atoms with van der Waals surface area (Å²) in [6.45, 7) is 5.41. The first-order valence-corrected chi connectivity index (χ1v) is 8.14. The van der Waals surface area contributed by atoms with Crippen LogP contribution in [0.15, 0.2) is 24.3 Å². The average Bonchev–Trinajstić information content (AvgIpc) is 3.06. The lowest BCUT2D eigenvalue weighted by atomic mass is 10.1. The van der Waals surface area contributed by atoms with Gasteiger partial charge in [0.05, 0.1) is 5.69 Å². The predicted molar refractivity (Wildman–Crippen MR) is 88.9 cm³/mol. The molecule has 0 aliphatic carbocycles. The second kappa shape index (κ2) is 6.62. The molecule has 1 atom stereocenters. The fourth-order valence-electron chi connectivity index (χ4n) is 2.82. The molecule has 1 aliphatic rings. The van der Waals surface area contributed by atoms with Crippen LogP contribution in [0.25, 0.3) is 0 Å². The molecule has 1 aromatic heterocycles. The number of carbonyl (C=O) groups is 1. The van der Waals surface area contributed by atoms with Gasteiger partial charge in [0.1, 0.15) is 5.75 Å². The zero-order valence-corrected chi connectivity index (χ0v) is 14.1. The molecule has 0 bridgehead atoms. The van der Waals surface area contributed by atoms with Gasteiger partial charge in [0, 0.05) is 30.2 Å². The number of nitrogens with one attached hydrogen (secondary N) is 1. The van der Waals surface area contributed by atoms with Gasteiger partial charge < -0.3 is 10.1 Å². The first-order chi connectivity index (χ1) is 11.0. The number of hydrogen-bond acceptors (Lipinski definition) is 3. The van der Waals surface area contributed by atoms with Gasteiger partial charge in [-0.05, 0) is 50.1 Å². The number of rotatable bonds is 5. The average molecular weight is 334 g/mol. The number of amides is 1. The largest absolute Gasteiger partial charge is 0.480 e. The molecule has 1 N–H and O–H groups in total. The topological polar surface area (TPSA) is 56.2 Å². The summed E-state index contributed by atoms with van der Waals surface area (Å²) in [5.41, 5.74) is 3.14. The van der Waals surface area contributed by atoms with Crippen molar-refractivity contribution in [1.29, 1.82) is 0 Å². The molecule has 6 heteroatoms. The van der Waals surface area contributed by atoms with Gasteiger partial charge in [0.15, 0.2) is 6.10 Å². The minimum atomic E-state index is -0.461. The molecule has 0 radical (unpaired) electrons. The van der Waals surface area contributed by atoms with E-state index in [1.807, 2.05) is 36.7 Å². The van der Waals surface area contributed by atoms with Crippen LogP contribution in [0.2, 0.25) is 5.02 Å². The number of benzene rings is 1. The van der Waals surface area contributed by atoms with Crippen molar-refractivity contribution in [2.75, 3.05) is 6.54 Å². The second-order valence-electron chi connectivity index (χ2n) is 5.86. The number of aryl methyl sites for hydroxylation is 3. The molecule has 5 nitrogen and oxygen atoms in total. The molecular weight excluding hydrogens is 314 g/mol. The Balaban J connectivity index is 1.45. The summed E-state index contributed by atoms with van der Waals surface area (Å²) < 4.78 is 7.64. The highest BCUT2D eigenvalue weighted by atomic mass is 35.5. The zero-order valence-electron chi connectivity index (χ0n) is 13.3. The molecule has 122 valence electrons. The first-order valence-electron chi connectivity index (χ1n) is 7.77. The van der Waals surface area contributed by atoms with E-state index in [1.54, 1.807) is 6.07 Å². The van der Waals surface area contributed by atoms with Gasteiger partial charge in [-0.25, -0.2) is 0 Å². The van der Waals surface area contributed by atoms with E-state index in [0.29, 0.717) is 18.0 Å². The van der Waals surface area contributed by atoms with Crippen LogP contribution < -0.4 is 10.1 Å². The number of fused-ring (bicyclic) bond motifs is 1. The number of hydrogen-bond donors (Lipinski definition) is 1. The Labute approximate surface area is 140 Å². The molecule has 0 saturated carbocycles. The normalized spacial score (nSPS) is 16.0. The molecule has 1 amide bonds. The molecule has 23 heavy (non-hydrogen) atoms. The minimum absolute atomic E-state index is 0.0781. The summed E-state index contributed by atoms with van der Waals surface area (Å²) in [5.74, 6) is 0.669. The standard InChI is InChI=1S/C17H20ClN3O2/c1-11-8-12(2)21(20-11)7-3-6-19-17(22)16-10-13-9-14(18)4-5-15(13)23-16/h4-5,8-9,16H,3,6-7,10H2,1-2H3,(H,19,22)/t16-/m1/s1. The molecule has 1 aliphatic heterocycles. The smallest absolute Gasteiger partial charge is 0.261 e. The molecule has 0 fully saturated rings. The third kappa shape index (κ3) is 3.67. The van der Waals surface area contributed by atoms with Crippen molar-refractivity contribution in [3.05, 3.63) is 46.2 Å². The van der Waals surface area contributed by atoms with Crippen molar-refractivity contribution in [3.63, 3.8) is 0 Å². The zero-order chi connectivity index (χ0) is 16.4. The Hall–Kier alpha value is -2.01. The molecule has 0 spiro atoms. The van der Waals surface area contributed by atoms with E-state index >= 15 is 0 Å². The fraction of sp³-hybridized carbons (Fsp3) is 0.412. The highest BCUT2D eigenvalue weighted by molar-refractivity contribution is 6.30. The lowest BCUT2D eigenvalue weighted by Crippen LogP contribution is -2.38. The van der Waals surface area contributed by atoms with Crippen LogP contribution in [-0.4, -0.2) is 28.3 Å². The Morgan fingerprint density at radius 1 is 1.43 bits per heavy atom. The van der Waals surface area contributed by atoms with Gasteiger partial charge in [-0.1, -0.05) is 11.6 Å². The van der Waals surface area contributed by atoms with E-state index in [4.69, 9.17) is 16.3 Å². The lowest BCUT2D eigenvalue weighted by molar-refractivity contribution is -0.127. The summed E-state index contributed by atoms with van der Waals surface area (Å²) in [4.78, 5) is 12.2. The molecule has 3 rings (SSSR count). The van der Waals surface area contributed by atoms with Gasteiger partial charge in [-0.15, -0.1) is 0 Å². The third-order valence-electron chi connectivity index (χ3n) is 3.94. The maximum Gasteiger partial charge on any atom is 0.261 e. The van der Waals surface area contributed by atoms with E-state index in [1.165, 1.54) is 0 Å². The molecule has 2 heterocycles. The van der Waals surface area contributed by atoms with Gasteiger partial charge in [0.2, 0.25) is 0 Å². The molecule has 1 aromatic carbocycles. The van der Waals surface area contributed by atoms with Gasteiger partial charge in [-0.2, -0.15) is 5.10 Å². The summed E-state index contributed by atoms with van der Waals surface area (Å²) in [7, 11) is 0. The number of aromatic nitrogens is 2. The Kier molecular flexibility index (Phi) is 4.57. The summed E-state index contributed by atoms with van der Waals surface area (Å²) in [5, 5.41) is 8.00. The van der Waals surface area contributed by atoms with Gasteiger partial charge >= 0.3 is 0 Å². The van der Waals surface area contributed by atoms with Crippen molar-refractivity contribution in [1.82, 2.24) is 15.1 Å². The van der Waals surface area contributed by atoms with Crippen molar-refractivity contribution in [2.24, 2.45) is 0 Å². The van der Waals surface area contributed by atoms with Gasteiger partial charge in [-0.3, -0.25) is 9.48 Å². The predicted octanol–water partition coefficient (Wildman–Crippen LogP) is 2.66. The molecular formula is C17H20ClN3O2. The van der Waals surface area contributed by atoms with E-state index in [2.05, 4.69) is 10.4 Å². The van der Waals surface area contributed by atoms with Crippen molar-refractivity contribution in [3.8, 4) is 5.75 Å². The highest BCUT2D eigenvalue weighted by Crippen LogP contribution is 2.31. The van der Waals surface area contributed by atoms with Crippen molar-refractivity contribution >= 4 is 17.5 Å². The third-order valence-corrected chi connectivity index (χ3v) is 4.17. The maximum absolute atomic E-state index is 12.2. The maximum atomic E-state index is 12.2. The summed E-state index contributed by atoms with van der Waals surface area (Å²) in [6, 6.07) is 7.49.